The Kier molecular flexibility index (Phi) is 5.03. The summed E-state index contributed by atoms with van der Waals surface area (Å²) in [6.45, 7) is 8.46. The Balaban J connectivity index is 1.98. The number of H-pyrrole nitrogens is 1. The van der Waals surface area contributed by atoms with E-state index in [0.717, 1.165) is 50.4 Å². The summed E-state index contributed by atoms with van der Waals surface area (Å²) in [5, 5.41) is 4.03. The highest BCUT2D eigenvalue weighted by atomic mass is 16.1. The SMILES string of the molecule is CCCC(c1nc2ccncc2c(=O)[nH]1)N1CCNC[C@@H](C)C1. The maximum Gasteiger partial charge on any atom is 0.260 e. The lowest BCUT2D eigenvalue weighted by atomic mass is 10.1. The Bertz CT molecular complexity index is 713. The van der Waals surface area contributed by atoms with E-state index >= 15 is 0 Å². The van der Waals surface area contributed by atoms with Gasteiger partial charge in [0.1, 0.15) is 5.82 Å². The van der Waals surface area contributed by atoms with Gasteiger partial charge in [0.05, 0.1) is 16.9 Å². The smallest absolute Gasteiger partial charge is 0.260 e. The Hall–Kier alpha value is -1.79. The third-order valence-electron chi connectivity index (χ3n) is 4.46. The van der Waals surface area contributed by atoms with Crippen molar-refractivity contribution >= 4 is 10.9 Å². The zero-order chi connectivity index (χ0) is 16.2. The van der Waals surface area contributed by atoms with Crippen LogP contribution < -0.4 is 10.9 Å². The minimum absolute atomic E-state index is 0.0970. The number of aromatic amines is 1. The van der Waals surface area contributed by atoms with E-state index in [0.29, 0.717) is 11.3 Å². The first kappa shape index (κ1) is 16.1. The van der Waals surface area contributed by atoms with Gasteiger partial charge in [-0.25, -0.2) is 4.98 Å². The average molecular weight is 315 g/mol. The molecule has 2 atom stereocenters. The fraction of sp³-hybridized carbons (Fsp3) is 0.588. The fourth-order valence-electron chi connectivity index (χ4n) is 3.33. The molecular weight excluding hydrogens is 290 g/mol. The van der Waals surface area contributed by atoms with Crippen LogP contribution in [0.3, 0.4) is 0 Å². The van der Waals surface area contributed by atoms with Crippen molar-refractivity contribution in [1.29, 1.82) is 0 Å². The molecule has 0 spiro atoms. The minimum atomic E-state index is -0.0970. The predicted molar refractivity (Wildman–Crippen MR) is 91.4 cm³/mol. The molecule has 3 rings (SSSR count). The van der Waals surface area contributed by atoms with Crippen molar-refractivity contribution in [3.63, 3.8) is 0 Å². The number of hydrogen-bond donors (Lipinski definition) is 2. The van der Waals surface area contributed by atoms with Crippen LogP contribution in [0.1, 0.15) is 38.6 Å². The van der Waals surface area contributed by atoms with Gasteiger partial charge in [-0.3, -0.25) is 14.7 Å². The second-order valence-electron chi connectivity index (χ2n) is 6.45. The third-order valence-corrected chi connectivity index (χ3v) is 4.46. The van der Waals surface area contributed by atoms with Gasteiger partial charge in [-0.1, -0.05) is 20.3 Å². The lowest BCUT2D eigenvalue weighted by Gasteiger charge is -2.30. The fourth-order valence-corrected chi connectivity index (χ4v) is 3.33. The van der Waals surface area contributed by atoms with Crippen molar-refractivity contribution in [3.8, 4) is 0 Å². The van der Waals surface area contributed by atoms with Gasteiger partial charge in [0.15, 0.2) is 0 Å². The first-order valence-electron chi connectivity index (χ1n) is 8.47. The van der Waals surface area contributed by atoms with Crippen LogP contribution in [0.2, 0.25) is 0 Å². The summed E-state index contributed by atoms with van der Waals surface area (Å²) < 4.78 is 0. The van der Waals surface area contributed by atoms with E-state index in [-0.39, 0.29) is 11.6 Å². The van der Waals surface area contributed by atoms with Gasteiger partial charge in [0.25, 0.3) is 5.56 Å². The van der Waals surface area contributed by atoms with Crippen molar-refractivity contribution in [2.45, 2.75) is 32.7 Å². The molecule has 124 valence electrons. The van der Waals surface area contributed by atoms with E-state index in [4.69, 9.17) is 4.98 Å². The number of hydrogen-bond acceptors (Lipinski definition) is 5. The van der Waals surface area contributed by atoms with E-state index in [1.165, 1.54) is 0 Å². The summed E-state index contributed by atoms with van der Waals surface area (Å²) in [4.78, 5) is 26.6. The van der Waals surface area contributed by atoms with Gasteiger partial charge in [0, 0.05) is 32.0 Å². The quantitative estimate of drug-likeness (QED) is 0.898. The zero-order valence-corrected chi connectivity index (χ0v) is 13.9. The van der Waals surface area contributed by atoms with E-state index in [1.807, 2.05) is 6.07 Å². The largest absolute Gasteiger partial charge is 0.315 e. The lowest BCUT2D eigenvalue weighted by Crippen LogP contribution is -2.35. The Morgan fingerprint density at radius 2 is 2.35 bits per heavy atom. The summed E-state index contributed by atoms with van der Waals surface area (Å²) >= 11 is 0. The van der Waals surface area contributed by atoms with Gasteiger partial charge >= 0.3 is 0 Å². The maximum absolute atomic E-state index is 12.4. The topological polar surface area (TPSA) is 73.9 Å². The zero-order valence-electron chi connectivity index (χ0n) is 13.9. The van der Waals surface area contributed by atoms with Crippen molar-refractivity contribution < 1.29 is 0 Å². The molecule has 0 radical (unpaired) electrons. The molecule has 1 aliphatic rings. The highest BCUT2D eigenvalue weighted by Gasteiger charge is 2.25. The van der Waals surface area contributed by atoms with Crippen LogP contribution in [0, 0.1) is 5.92 Å². The number of pyridine rings is 1. The van der Waals surface area contributed by atoms with Crippen LogP contribution >= 0.6 is 0 Å². The highest BCUT2D eigenvalue weighted by Crippen LogP contribution is 2.24. The summed E-state index contributed by atoms with van der Waals surface area (Å²) in [5.41, 5.74) is 0.626. The van der Waals surface area contributed by atoms with Crippen LogP contribution in [-0.2, 0) is 0 Å². The number of nitrogens with zero attached hydrogens (tertiary/aromatic N) is 3. The first-order valence-corrected chi connectivity index (χ1v) is 8.47. The second kappa shape index (κ2) is 7.19. The Morgan fingerprint density at radius 3 is 3.17 bits per heavy atom. The first-order chi connectivity index (χ1) is 11.2. The molecule has 0 bridgehead atoms. The number of rotatable bonds is 4. The molecule has 0 saturated carbocycles. The van der Waals surface area contributed by atoms with Crippen LogP contribution in [0.25, 0.3) is 10.9 Å². The van der Waals surface area contributed by atoms with Gasteiger partial charge in [-0.15, -0.1) is 0 Å². The molecule has 23 heavy (non-hydrogen) atoms. The average Bonchev–Trinajstić information content (AvgIpc) is 2.77. The molecule has 1 aliphatic heterocycles. The number of nitrogens with one attached hydrogen (secondary N) is 2. The monoisotopic (exact) mass is 315 g/mol. The standard InChI is InChI=1S/C17H25N5O/c1-3-4-15(22-8-7-19-9-12(2)11-22)16-20-14-5-6-18-10-13(14)17(23)21-16/h5-6,10,12,15,19H,3-4,7-9,11H2,1-2H3,(H,20,21,23)/t12-,15?/m1/s1. The van der Waals surface area contributed by atoms with Gasteiger partial charge < -0.3 is 10.3 Å². The molecule has 0 aromatic carbocycles. The summed E-state index contributed by atoms with van der Waals surface area (Å²) in [6, 6.07) is 1.97. The maximum atomic E-state index is 12.4. The van der Waals surface area contributed by atoms with E-state index in [2.05, 4.69) is 34.0 Å². The second-order valence-corrected chi connectivity index (χ2v) is 6.45. The van der Waals surface area contributed by atoms with Crippen molar-refractivity contribution in [2.24, 2.45) is 5.92 Å². The molecule has 3 heterocycles. The van der Waals surface area contributed by atoms with Gasteiger partial charge in [-0.05, 0) is 24.9 Å². The summed E-state index contributed by atoms with van der Waals surface area (Å²) in [7, 11) is 0. The van der Waals surface area contributed by atoms with Crippen LogP contribution in [0.4, 0.5) is 0 Å². The molecular formula is C17H25N5O. The van der Waals surface area contributed by atoms with E-state index < -0.39 is 0 Å². The molecule has 2 N–H and O–H groups in total. The van der Waals surface area contributed by atoms with Crippen molar-refractivity contribution in [3.05, 3.63) is 34.6 Å². The molecule has 0 aliphatic carbocycles. The van der Waals surface area contributed by atoms with E-state index in [1.54, 1.807) is 12.4 Å². The van der Waals surface area contributed by atoms with Crippen LogP contribution in [-0.4, -0.2) is 46.0 Å². The summed E-state index contributed by atoms with van der Waals surface area (Å²) in [6.07, 6.45) is 5.32. The highest BCUT2D eigenvalue weighted by molar-refractivity contribution is 5.75. The molecule has 2 aromatic rings. The molecule has 1 saturated heterocycles. The Labute approximate surface area is 136 Å². The summed E-state index contributed by atoms with van der Waals surface area (Å²) in [5.74, 6) is 1.37. The predicted octanol–water partition coefficient (Wildman–Crippen LogP) is 1.70. The van der Waals surface area contributed by atoms with Gasteiger partial charge in [-0.2, -0.15) is 0 Å². The lowest BCUT2D eigenvalue weighted by molar-refractivity contribution is 0.173. The molecule has 6 heteroatoms. The van der Waals surface area contributed by atoms with Gasteiger partial charge in [0.2, 0.25) is 0 Å². The number of fused-ring (bicyclic) bond motifs is 1. The van der Waals surface area contributed by atoms with Crippen molar-refractivity contribution in [2.75, 3.05) is 26.2 Å². The molecule has 2 aromatic heterocycles. The van der Waals surface area contributed by atoms with Crippen LogP contribution in [0.15, 0.2) is 23.3 Å². The molecule has 1 unspecified atom stereocenters. The molecule has 6 nitrogen and oxygen atoms in total. The third kappa shape index (κ3) is 3.59. The Morgan fingerprint density at radius 1 is 1.48 bits per heavy atom. The van der Waals surface area contributed by atoms with E-state index in [9.17, 15) is 4.79 Å². The molecule has 1 fully saturated rings. The minimum Gasteiger partial charge on any atom is -0.315 e. The normalized spacial score (nSPS) is 21.2. The van der Waals surface area contributed by atoms with Crippen molar-refractivity contribution in [1.82, 2.24) is 25.2 Å². The molecule has 0 amide bonds. The van der Waals surface area contributed by atoms with Crippen LogP contribution in [0.5, 0.6) is 0 Å². The number of aromatic nitrogens is 3.